The van der Waals surface area contributed by atoms with Crippen molar-refractivity contribution in [3.63, 3.8) is 0 Å². The Balaban J connectivity index is 2.46. The first-order chi connectivity index (χ1) is 9.52. The van der Waals surface area contributed by atoms with Gasteiger partial charge in [0.2, 0.25) is 0 Å². The average Bonchev–Trinajstić information content (AvgIpc) is 2.46. The zero-order chi connectivity index (χ0) is 14.7. The van der Waals surface area contributed by atoms with E-state index in [1.165, 1.54) is 18.2 Å². The molecule has 1 saturated heterocycles. The zero-order valence-electron chi connectivity index (χ0n) is 11.2. The van der Waals surface area contributed by atoms with Crippen LogP contribution in [0, 0.1) is 10.1 Å². The van der Waals surface area contributed by atoms with E-state index >= 15 is 0 Å². The van der Waals surface area contributed by atoms with E-state index in [2.05, 4.69) is 5.32 Å². The molecule has 1 fully saturated rings. The van der Waals surface area contributed by atoms with E-state index in [1.54, 1.807) is 11.9 Å². The highest BCUT2D eigenvalue weighted by Gasteiger charge is 2.28. The number of carbonyl (C=O) groups is 1. The number of piperidine rings is 1. The third-order valence-corrected chi connectivity index (χ3v) is 3.65. The maximum absolute atomic E-state index is 11.3. The van der Waals surface area contributed by atoms with Crippen LogP contribution in [0.25, 0.3) is 0 Å². The molecule has 1 aromatic carbocycles. The number of nitro groups is 1. The number of benzene rings is 1. The van der Waals surface area contributed by atoms with Gasteiger partial charge in [-0.3, -0.25) is 10.1 Å². The number of nitrogens with zero attached hydrogens (tertiary/aromatic N) is 2. The Morgan fingerprint density at radius 2 is 2.10 bits per heavy atom. The van der Waals surface area contributed by atoms with Crippen molar-refractivity contribution >= 4 is 17.3 Å². The van der Waals surface area contributed by atoms with Crippen LogP contribution in [0.1, 0.15) is 23.2 Å². The minimum atomic E-state index is -1.15. The van der Waals surface area contributed by atoms with E-state index in [9.17, 15) is 20.0 Å². The van der Waals surface area contributed by atoms with Crippen molar-refractivity contribution in [3.05, 3.63) is 33.9 Å². The summed E-state index contributed by atoms with van der Waals surface area (Å²) in [5, 5.41) is 23.6. The van der Waals surface area contributed by atoms with Crippen molar-refractivity contribution in [1.29, 1.82) is 0 Å². The van der Waals surface area contributed by atoms with Crippen molar-refractivity contribution in [2.45, 2.75) is 18.9 Å². The van der Waals surface area contributed by atoms with Gasteiger partial charge in [-0.25, -0.2) is 4.79 Å². The Morgan fingerprint density at radius 1 is 1.45 bits per heavy atom. The van der Waals surface area contributed by atoms with Crippen LogP contribution < -0.4 is 10.2 Å². The summed E-state index contributed by atoms with van der Waals surface area (Å²) in [6.07, 6.45) is 1.67. The van der Waals surface area contributed by atoms with Gasteiger partial charge in [0, 0.05) is 19.2 Å². The third kappa shape index (κ3) is 2.72. The van der Waals surface area contributed by atoms with Crippen LogP contribution in [0.5, 0.6) is 0 Å². The third-order valence-electron chi connectivity index (χ3n) is 3.65. The number of rotatable bonds is 4. The van der Waals surface area contributed by atoms with Crippen molar-refractivity contribution in [2.24, 2.45) is 0 Å². The number of carboxylic acids is 1. The number of nitrogens with one attached hydrogen (secondary N) is 1. The molecule has 0 aromatic heterocycles. The van der Waals surface area contributed by atoms with Gasteiger partial charge in [-0.2, -0.15) is 0 Å². The van der Waals surface area contributed by atoms with Gasteiger partial charge in [-0.05, 0) is 32.0 Å². The van der Waals surface area contributed by atoms with Crippen LogP contribution in [-0.2, 0) is 0 Å². The molecule has 0 aliphatic carbocycles. The molecule has 0 spiro atoms. The molecule has 108 valence electrons. The predicted octanol–water partition coefficient (Wildman–Crippen LogP) is 1.48. The zero-order valence-corrected chi connectivity index (χ0v) is 11.2. The highest BCUT2D eigenvalue weighted by atomic mass is 16.6. The molecule has 0 amide bonds. The smallest absolute Gasteiger partial charge is 0.338 e. The standard InChI is InChI=1S/C13H17N3O4/c1-15(9-5-7-14-8-6-9)12-10(13(17)18)3-2-4-11(12)16(19)20/h2-4,9,14H,5-8H2,1H3,(H,17,18). The summed E-state index contributed by atoms with van der Waals surface area (Å²) in [4.78, 5) is 23.7. The van der Waals surface area contributed by atoms with Crippen molar-refractivity contribution < 1.29 is 14.8 Å². The van der Waals surface area contributed by atoms with Gasteiger partial charge in [0.1, 0.15) is 5.69 Å². The molecule has 0 bridgehead atoms. The maximum Gasteiger partial charge on any atom is 0.338 e. The SMILES string of the molecule is CN(c1c(C(=O)O)cccc1[N+](=O)[O-])C1CCNCC1. The molecule has 7 nitrogen and oxygen atoms in total. The summed E-state index contributed by atoms with van der Waals surface area (Å²) in [6, 6.07) is 4.26. The van der Waals surface area contributed by atoms with Crippen molar-refractivity contribution in [2.75, 3.05) is 25.0 Å². The average molecular weight is 279 g/mol. The van der Waals surface area contributed by atoms with E-state index in [0.29, 0.717) is 0 Å². The summed E-state index contributed by atoms with van der Waals surface area (Å²) >= 11 is 0. The van der Waals surface area contributed by atoms with E-state index in [4.69, 9.17) is 0 Å². The number of para-hydroxylation sites is 1. The molecular weight excluding hydrogens is 262 g/mol. The fourth-order valence-corrected chi connectivity index (χ4v) is 2.60. The van der Waals surface area contributed by atoms with E-state index in [0.717, 1.165) is 25.9 Å². The minimum absolute atomic E-state index is 0.0276. The molecule has 1 aromatic rings. The second kappa shape index (κ2) is 5.87. The predicted molar refractivity (Wildman–Crippen MR) is 74.4 cm³/mol. The number of hydrogen-bond acceptors (Lipinski definition) is 5. The maximum atomic E-state index is 11.3. The second-order valence-electron chi connectivity index (χ2n) is 4.83. The molecule has 7 heteroatoms. The number of carboxylic acid groups (broad SMARTS) is 1. The highest BCUT2D eigenvalue weighted by Crippen LogP contribution is 2.33. The largest absolute Gasteiger partial charge is 0.478 e. The van der Waals surface area contributed by atoms with Crippen LogP contribution in [0.3, 0.4) is 0 Å². The first-order valence-electron chi connectivity index (χ1n) is 6.46. The van der Waals surface area contributed by atoms with Crippen molar-refractivity contribution in [1.82, 2.24) is 5.32 Å². The van der Waals surface area contributed by atoms with Crippen LogP contribution in [0.4, 0.5) is 11.4 Å². The molecule has 0 atom stereocenters. The number of anilines is 1. The summed E-state index contributed by atoms with van der Waals surface area (Å²) in [5.41, 5.74) is 0.00284. The molecule has 1 aliphatic heterocycles. The van der Waals surface area contributed by atoms with Crippen LogP contribution in [0.2, 0.25) is 0 Å². The molecule has 0 radical (unpaired) electrons. The van der Waals surface area contributed by atoms with E-state index < -0.39 is 10.9 Å². The normalized spacial score (nSPS) is 15.8. The Bertz CT molecular complexity index is 494. The van der Waals surface area contributed by atoms with Crippen molar-refractivity contribution in [3.8, 4) is 0 Å². The number of hydrogen-bond donors (Lipinski definition) is 2. The lowest BCUT2D eigenvalue weighted by Gasteiger charge is -2.33. The number of nitro benzene ring substituents is 1. The molecule has 0 saturated carbocycles. The van der Waals surface area contributed by atoms with Gasteiger partial charge in [0.25, 0.3) is 5.69 Å². The summed E-state index contributed by atoms with van der Waals surface area (Å²) in [5.74, 6) is -1.15. The lowest BCUT2D eigenvalue weighted by molar-refractivity contribution is -0.384. The van der Waals surface area contributed by atoms with Crippen LogP contribution in [0.15, 0.2) is 18.2 Å². The summed E-state index contributed by atoms with van der Waals surface area (Å²) < 4.78 is 0. The first kappa shape index (κ1) is 14.3. The Labute approximate surface area is 116 Å². The van der Waals surface area contributed by atoms with Gasteiger partial charge in [0.15, 0.2) is 0 Å². The van der Waals surface area contributed by atoms with Gasteiger partial charge in [-0.15, -0.1) is 0 Å². The van der Waals surface area contributed by atoms with Crippen LogP contribution in [-0.4, -0.2) is 42.2 Å². The molecular formula is C13H17N3O4. The topological polar surface area (TPSA) is 95.7 Å². The minimum Gasteiger partial charge on any atom is -0.478 e. The molecule has 2 N–H and O–H groups in total. The molecule has 2 rings (SSSR count). The van der Waals surface area contributed by atoms with E-state index in [1.807, 2.05) is 0 Å². The molecule has 1 aliphatic rings. The fourth-order valence-electron chi connectivity index (χ4n) is 2.60. The van der Waals surface area contributed by atoms with Gasteiger partial charge >= 0.3 is 5.97 Å². The van der Waals surface area contributed by atoms with Gasteiger partial charge in [-0.1, -0.05) is 6.07 Å². The molecule has 20 heavy (non-hydrogen) atoms. The monoisotopic (exact) mass is 279 g/mol. The Hall–Kier alpha value is -2.15. The summed E-state index contributed by atoms with van der Waals surface area (Å²) in [6.45, 7) is 1.66. The quantitative estimate of drug-likeness (QED) is 0.640. The van der Waals surface area contributed by atoms with E-state index in [-0.39, 0.29) is 23.0 Å². The Kier molecular flexibility index (Phi) is 4.19. The molecule has 0 unspecified atom stereocenters. The number of aromatic carboxylic acids is 1. The van der Waals surface area contributed by atoms with Crippen LogP contribution >= 0.6 is 0 Å². The first-order valence-corrected chi connectivity index (χ1v) is 6.46. The molecule has 1 heterocycles. The summed E-state index contributed by atoms with van der Waals surface area (Å²) in [7, 11) is 1.73. The van der Waals surface area contributed by atoms with Gasteiger partial charge in [0.05, 0.1) is 10.5 Å². The van der Waals surface area contributed by atoms with Gasteiger partial charge < -0.3 is 15.3 Å². The lowest BCUT2D eigenvalue weighted by atomic mass is 10.0. The Morgan fingerprint density at radius 3 is 2.65 bits per heavy atom. The second-order valence-corrected chi connectivity index (χ2v) is 4.83. The lowest BCUT2D eigenvalue weighted by Crippen LogP contribution is -2.42. The highest BCUT2D eigenvalue weighted by molar-refractivity contribution is 5.97. The fraction of sp³-hybridized carbons (Fsp3) is 0.462.